The third-order valence-corrected chi connectivity index (χ3v) is 4.68. The molecule has 2 saturated heterocycles. The Bertz CT molecular complexity index is 413. The highest BCUT2D eigenvalue weighted by molar-refractivity contribution is 5.91. The van der Waals surface area contributed by atoms with Crippen LogP contribution in [0.1, 0.15) is 45.4 Å². The number of hydrogen-bond acceptors (Lipinski definition) is 4. The van der Waals surface area contributed by atoms with Crippen LogP contribution < -0.4 is 10.6 Å². The fourth-order valence-corrected chi connectivity index (χ4v) is 3.27. The largest absolute Gasteiger partial charge is 0.343 e. The van der Waals surface area contributed by atoms with E-state index in [1.165, 1.54) is 0 Å². The molecule has 0 saturated carbocycles. The molecule has 21 heavy (non-hydrogen) atoms. The predicted molar refractivity (Wildman–Crippen MR) is 78.6 cm³/mol. The maximum atomic E-state index is 12.7. The molecular weight excluding hydrogens is 270 g/mol. The van der Waals surface area contributed by atoms with Crippen LogP contribution in [0.2, 0.25) is 0 Å². The van der Waals surface area contributed by atoms with E-state index in [9.17, 15) is 14.4 Å². The first-order chi connectivity index (χ1) is 10.1. The van der Waals surface area contributed by atoms with Gasteiger partial charge in [0.1, 0.15) is 12.3 Å². The number of carbonyl (C=O) groups is 3. The van der Waals surface area contributed by atoms with Crippen LogP contribution in [0.15, 0.2) is 0 Å². The van der Waals surface area contributed by atoms with Crippen molar-refractivity contribution in [3.8, 4) is 0 Å². The minimum atomic E-state index is -0.503. The zero-order valence-electron chi connectivity index (χ0n) is 12.8. The lowest BCUT2D eigenvalue weighted by Gasteiger charge is -2.34. The molecule has 0 spiro atoms. The second-order valence-corrected chi connectivity index (χ2v) is 6.04. The number of amides is 2. The van der Waals surface area contributed by atoms with Crippen LogP contribution >= 0.6 is 0 Å². The average Bonchev–Trinajstić information content (AvgIpc) is 2.89. The third kappa shape index (κ3) is 3.43. The van der Waals surface area contributed by atoms with Gasteiger partial charge < -0.3 is 20.3 Å². The predicted octanol–water partition coefficient (Wildman–Crippen LogP) is 0.212. The second kappa shape index (κ2) is 7.02. The number of rotatable bonds is 4. The quantitative estimate of drug-likeness (QED) is 0.727. The van der Waals surface area contributed by atoms with Gasteiger partial charge >= 0.3 is 0 Å². The van der Waals surface area contributed by atoms with Gasteiger partial charge in [0.15, 0.2) is 0 Å². The first-order valence-electron chi connectivity index (χ1n) is 7.83. The van der Waals surface area contributed by atoms with E-state index >= 15 is 0 Å². The van der Waals surface area contributed by atoms with Crippen LogP contribution in [-0.4, -0.2) is 54.2 Å². The van der Waals surface area contributed by atoms with E-state index in [2.05, 4.69) is 10.6 Å². The molecule has 2 fully saturated rings. The van der Waals surface area contributed by atoms with Gasteiger partial charge in [-0.2, -0.15) is 0 Å². The molecule has 2 N–H and O–H groups in total. The summed E-state index contributed by atoms with van der Waals surface area (Å²) in [5.74, 6) is -0.263. The van der Waals surface area contributed by atoms with Crippen molar-refractivity contribution in [1.29, 1.82) is 0 Å². The third-order valence-electron chi connectivity index (χ3n) is 4.68. The van der Waals surface area contributed by atoms with Crippen LogP contribution in [0.5, 0.6) is 0 Å². The first-order valence-corrected chi connectivity index (χ1v) is 7.83. The second-order valence-electron chi connectivity index (χ2n) is 6.04. The maximum absolute atomic E-state index is 12.7. The van der Waals surface area contributed by atoms with Gasteiger partial charge in [0.25, 0.3) is 0 Å². The SMILES string of the molecule is CNC(C)C(=O)NC1CCCCC2CCC(C=O)N2C1=O. The van der Waals surface area contributed by atoms with Crippen molar-refractivity contribution in [2.75, 3.05) is 7.05 Å². The Labute approximate surface area is 125 Å². The van der Waals surface area contributed by atoms with E-state index < -0.39 is 6.04 Å². The number of nitrogens with one attached hydrogen (secondary N) is 2. The topological polar surface area (TPSA) is 78.5 Å². The Balaban J connectivity index is 2.11. The molecule has 118 valence electrons. The lowest BCUT2D eigenvalue weighted by atomic mass is 9.98. The minimum absolute atomic E-state index is 0.0917. The molecule has 0 aromatic heterocycles. The van der Waals surface area contributed by atoms with Crippen molar-refractivity contribution in [1.82, 2.24) is 15.5 Å². The summed E-state index contributed by atoms with van der Waals surface area (Å²) >= 11 is 0. The van der Waals surface area contributed by atoms with Crippen molar-refractivity contribution in [3.63, 3.8) is 0 Å². The van der Waals surface area contributed by atoms with Crippen molar-refractivity contribution in [2.24, 2.45) is 0 Å². The molecule has 6 nitrogen and oxygen atoms in total. The Kier molecular flexibility index (Phi) is 5.33. The number of carbonyl (C=O) groups excluding carboxylic acids is 3. The molecule has 2 amide bonds. The highest BCUT2D eigenvalue weighted by atomic mass is 16.2. The van der Waals surface area contributed by atoms with E-state index in [0.29, 0.717) is 6.42 Å². The van der Waals surface area contributed by atoms with Crippen LogP contribution in [0.4, 0.5) is 0 Å². The number of fused-ring (bicyclic) bond motifs is 1. The molecule has 2 aliphatic rings. The highest BCUT2D eigenvalue weighted by Gasteiger charge is 2.40. The standard InChI is InChI=1S/C15H25N3O3/c1-10(16-2)14(20)17-13-6-4-3-5-11-7-8-12(9-19)18(11)15(13)21/h9-13,16H,3-8H2,1-2H3,(H,17,20). The van der Waals surface area contributed by atoms with Gasteiger partial charge in [-0.25, -0.2) is 0 Å². The summed E-state index contributed by atoms with van der Waals surface area (Å²) in [6.45, 7) is 1.76. The fraction of sp³-hybridized carbons (Fsp3) is 0.800. The lowest BCUT2D eigenvalue weighted by molar-refractivity contribution is -0.141. The fourth-order valence-electron chi connectivity index (χ4n) is 3.27. The van der Waals surface area contributed by atoms with Crippen LogP contribution in [0.3, 0.4) is 0 Å². The Morgan fingerprint density at radius 1 is 1.29 bits per heavy atom. The summed E-state index contributed by atoms with van der Waals surface area (Å²) in [6.07, 6.45) is 6.08. The van der Waals surface area contributed by atoms with Gasteiger partial charge in [0.05, 0.1) is 12.1 Å². The monoisotopic (exact) mass is 295 g/mol. The van der Waals surface area contributed by atoms with Gasteiger partial charge in [0.2, 0.25) is 11.8 Å². The smallest absolute Gasteiger partial charge is 0.246 e. The summed E-state index contributed by atoms with van der Waals surface area (Å²) < 4.78 is 0. The van der Waals surface area contributed by atoms with Gasteiger partial charge in [-0.15, -0.1) is 0 Å². The Hall–Kier alpha value is -1.43. The Morgan fingerprint density at radius 3 is 2.67 bits per heavy atom. The van der Waals surface area contributed by atoms with Crippen molar-refractivity contribution in [3.05, 3.63) is 0 Å². The normalized spacial score (nSPS) is 31.0. The van der Waals surface area contributed by atoms with Crippen molar-refractivity contribution >= 4 is 18.1 Å². The highest BCUT2D eigenvalue weighted by Crippen LogP contribution is 2.30. The van der Waals surface area contributed by atoms with Crippen molar-refractivity contribution < 1.29 is 14.4 Å². The zero-order chi connectivity index (χ0) is 15.4. The summed E-state index contributed by atoms with van der Waals surface area (Å²) in [4.78, 5) is 37.7. The summed E-state index contributed by atoms with van der Waals surface area (Å²) in [6, 6.07) is -0.994. The molecule has 2 rings (SSSR count). The van der Waals surface area contributed by atoms with E-state index in [0.717, 1.165) is 38.4 Å². The number of likely N-dealkylation sites (N-methyl/N-ethyl adjacent to an activating group) is 1. The summed E-state index contributed by atoms with van der Waals surface area (Å²) in [5, 5.41) is 5.71. The molecule has 2 aliphatic heterocycles. The number of hydrogen-bond donors (Lipinski definition) is 2. The van der Waals surface area contributed by atoms with E-state index in [4.69, 9.17) is 0 Å². The van der Waals surface area contributed by atoms with Crippen LogP contribution in [0.25, 0.3) is 0 Å². The molecule has 0 radical (unpaired) electrons. The van der Waals surface area contributed by atoms with E-state index in [1.807, 2.05) is 0 Å². The molecule has 0 aromatic rings. The molecule has 4 unspecified atom stereocenters. The van der Waals surface area contributed by atoms with Gasteiger partial charge in [-0.3, -0.25) is 9.59 Å². The lowest BCUT2D eigenvalue weighted by Crippen LogP contribution is -2.55. The number of aldehydes is 1. The maximum Gasteiger partial charge on any atom is 0.246 e. The van der Waals surface area contributed by atoms with Crippen LogP contribution in [-0.2, 0) is 14.4 Å². The Morgan fingerprint density at radius 2 is 2.00 bits per heavy atom. The number of nitrogens with zero attached hydrogens (tertiary/aromatic N) is 1. The molecule has 0 bridgehead atoms. The zero-order valence-corrected chi connectivity index (χ0v) is 12.8. The molecular formula is C15H25N3O3. The van der Waals surface area contributed by atoms with Gasteiger partial charge in [-0.05, 0) is 39.7 Å². The van der Waals surface area contributed by atoms with Gasteiger partial charge in [0, 0.05) is 6.04 Å². The summed E-state index contributed by atoms with van der Waals surface area (Å²) in [7, 11) is 1.71. The molecule has 0 aromatic carbocycles. The van der Waals surface area contributed by atoms with Gasteiger partial charge in [-0.1, -0.05) is 12.8 Å². The first kappa shape index (κ1) is 15.9. The average molecular weight is 295 g/mol. The van der Waals surface area contributed by atoms with Crippen molar-refractivity contribution in [2.45, 2.75) is 69.6 Å². The minimum Gasteiger partial charge on any atom is -0.343 e. The molecule has 0 aliphatic carbocycles. The summed E-state index contributed by atoms with van der Waals surface area (Å²) in [5.41, 5.74) is 0. The van der Waals surface area contributed by atoms with E-state index in [1.54, 1.807) is 18.9 Å². The van der Waals surface area contributed by atoms with E-state index in [-0.39, 0.29) is 29.9 Å². The molecule has 6 heteroatoms. The molecule has 2 heterocycles. The molecule has 4 atom stereocenters. The van der Waals surface area contributed by atoms with Crippen LogP contribution in [0, 0.1) is 0 Å².